The molecule has 0 saturated heterocycles. The molecule has 1 heterocycles. The van der Waals surface area contributed by atoms with Gasteiger partial charge in [-0.1, -0.05) is 12.1 Å². The number of hydrogen-bond acceptors (Lipinski definition) is 1. The Hall–Kier alpha value is -0.820. The van der Waals surface area contributed by atoms with Gasteiger partial charge in [0.15, 0.2) is 0 Å². The van der Waals surface area contributed by atoms with Crippen molar-refractivity contribution in [1.82, 2.24) is 5.32 Å². The van der Waals surface area contributed by atoms with E-state index >= 15 is 0 Å². The highest BCUT2D eigenvalue weighted by molar-refractivity contribution is 5.46. The lowest BCUT2D eigenvalue weighted by atomic mass is 9.85. The van der Waals surface area contributed by atoms with Gasteiger partial charge in [-0.15, -0.1) is 0 Å². The molecule has 1 heteroatoms. The van der Waals surface area contributed by atoms with E-state index < -0.39 is 0 Å². The summed E-state index contributed by atoms with van der Waals surface area (Å²) in [7, 11) is 0. The molecule has 0 spiro atoms. The predicted molar refractivity (Wildman–Crippen MR) is 53.7 cm³/mol. The second-order valence-corrected chi connectivity index (χ2v) is 4.26. The Bertz CT molecular complexity index is 354. The van der Waals surface area contributed by atoms with E-state index in [1.807, 2.05) is 0 Å². The summed E-state index contributed by atoms with van der Waals surface area (Å²) in [6.45, 7) is 3.34. The van der Waals surface area contributed by atoms with Gasteiger partial charge in [0.25, 0.3) is 0 Å². The van der Waals surface area contributed by atoms with Crippen LogP contribution in [0, 0.1) is 6.92 Å². The van der Waals surface area contributed by atoms with Crippen LogP contribution in [-0.2, 0) is 13.0 Å². The number of aryl methyl sites for hydroxylation is 1. The first-order valence-corrected chi connectivity index (χ1v) is 5.21. The Morgan fingerprint density at radius 1 is 1.38 bits per heavy atom. The van der Waals surface area contributed by atoms with Gasteiger partial charge >= 0.3 is 0 Å². The maximum atomic E-state index is 3.59. The summed E-state index contributed by atoms with van der Waals surface area (Å²) in [6.07, 6.45) is 3.99. The van der Waals surface area contributed by atoms with E-state index in [9.17, 15) is 0 Å². The molecule has 68 valence electrons. The van der Waals surface area contributed by atoms with Crippen LogP contribution in [0.4, 0.5) is 0 Å². The van der Waals surface area contributed by atoms with Crippen LogP contribution in [0.3, 0.4) is 0 Å². The van der Waals surface area contributed by atoms with Crippen molar-refractivity contribution < 1.29 is 0 Å². The molecule has 0 aromatic heterocycles. The maximum Gasteiger partial charge on any atom is 0.0329 e. The first kappa shape index (κ1) is 7.57. The van der Waals surface area contributed by atoms with Crippen LogP contribution in [0.5, 0.6) is 0 Å². The van der Waals surface area contributed by atoms with E-state index in [2.05, 4.69) is 24.4 Å². The average Bonchev–Trinajstić information content (AvgIpc) is 2.57. The quantitative estimate of drug-likeness (QED) is 0.635. The van der Waals surface area contributed by atoms with Crippen molar-refractivity contribution >= 4 is 0 Å². The zero-order chi connectivity index (χ0) is 8.84. The number of nitrogens with one attached hydrogen (secondary N) is 1. The molecule has 1 atom stereocenters. The SMILES string of the molecule is Cc1ccc2c3c1CCCC3NC2. The standard InChI is InChI=1S/C12H15N/c1-8-5-6-9-7-13-11-4-2-3-10(8)12(9)11/h5-6,11,13H,2-4,7H2,1H3. The molecule has 0 fully saturated rings. The molecule has 0 amide bonds. The van der Waals surface area contributed by atoms with Crippen LogP contribution in [0.1, 0.15) is 41.1 Å². The van der Waals surface area contributed by atoms with E-state index in [4.69, 9.17) is 0 Å². The van der Waals surface area contributed by atoms with Gasteiger partial charge in [-0.3, -0.25) is 0 Å². The molecular weight excluding hydrogens is 158 g/mol. The highest BCUT2D eigenvalue weighted by Gasteiger charge is 2.28. The van der Waals surface area contributed by atoms with Gasteiger partial charge in [0.05, 0.1) is 0 Å². The Morgan fingerprint density at radius 2 is 2.31 bits per heavy atom. The molecule has 0 saturated carbocycles. The van der Waals surface area contributed by atoms with Gasteiger partial charge in [-0.2, -0.15) is 0 Å². The molecule has 3 rings (SSSR count). The third-order valence-corrected chi connectivity index (χ3v) is 3.49. The Balaban J connectivity index is 2.26. The van der Waals surface area contributed by atoms with Crippen LogP contribution in [0.15, 0.2) is 12.1 Å². The topological polar surface area (TPSA) is 12.0 Å². The number of hydrogen-bond donors (Lipinski definition) is 1. The predicted octanol–water partition coefficient (Wildman–Crippen LogP) is 2.48. The minimum absolute atomic E-state index is 0.679. The van der Waals surface area contributed by atoms with Gasteiger partial charge in [0.2, 0.25) is 0 Å². The van der Waals surface area contributed by atoms with E-state index in [1.165, 1.54) is 24.8 Å². The van der Waals surface area contributed by atoms with E-state index in [1.54, 1.807) is 16.7 Å². The fourth-order valence-electron chi connectivity index (χ4n) is 2.81. The van der Waals surface area contributed by atoms with Crippen molar-refractivity contribution in [3.8, 4) is 0 Å². The zero-order valence-electron chi connectivity index (χ0n) is 8.06. The molecule has 2 aliphatic rings. The lowest BCUT2D eigenvalue weighted by Gasteiger charge is -2.23. The van der Waals surface area contributed by atoms with Gasteiger partial charge < -0.3 is 5.32 Å². The highest BCUT2D eigenvalue weighted by atomic mass is 14.9. The van der Waals surface area contributed by atoms with Gasteiger partial charge in [-0.25, -0.2) is 0 Å². The van der Waals surface area contributed by atoms with Crippen molar-refractivity contribution in [1.29, 1.82) is 0 Å². The van der Waals surface area contributed by atoms with E-state index in [0.29, 0.717) is 6.04 Å². The largest absolute Gasteiger partial charge is 0.306 e. The fourth-order valence-corrected chi connectivity index (χ4v) is 2.81. The summed E-state index contributed by atoms with van der Waals surface area (Å²) >= 11 is 0. The van der Waals surface area contributed by atoms with Crippen LogP contribution in [0.25, 0.3) is 0 Å². The Kier molecular flexibility index (Phi) is 1.50. The summed E-state index contributed by atoms with van der Waals surface area (Å²) in [5, 5.41) is 3.59. The number of benzene rings is 1. The van der Waals surface area contributed by atoms with Gasteiger partial charge in [-0.05, 0) is 48.4 Å². The summed E-state index contributed by atoms with van der Waals surface area (Å²) in [6, 6.07) is 5.26. The van der Waals surface area contributed by atoms with Gasteiger partial charge in [0.1, 0.15) is 0 Å². The second-order valence-electron chi connectivity index (χ2n) is 4.26. The number of rotatable bonds is 0. The molecule has 1 unspecified atom stereocenters. The minimum Gasteiger partial charge on any atom is -0.306 e. The molecule has 1 aromatic carbocycles. The van der Waals surface area contributed by atoms with Crippen molar-refractivity contribution in [2.45, 2.75) is 38.8 Å². The summed E-state index contributed by atoms with van der Waals surface area (Å²) in [5.74, 6) is 0. The molecular formula is C12H15N. The van der Waals surface area contributed by atoms with Crippen LogP contribution < -0.4 is 5.32 Å². The zero-order valence-corrected chi connectivity index (χ0v) is 8.06. The second kappa shape index (κ2) is 2.58. The van der Waals surface area contributed by atoms with E-state index in [0.717, 1.165) is 6.54 Å². The lowest BCUT2D eigenvalue weighted by Crippen LogP contribution is -2.17. The summed E-state index contributed by atoms with van der Waals surface area (Å²) in [4.78, 5) is 0. The van der Waals surface area contributed by atoms with E-state index in [-0.39, 0.29) is 0 Å². The molecule has 1 N–H and O–H groups in total. The van der Waals surface area contributed by atoms with Crippen LogP contribution in [0.2, 0.25) is 0 Å². The van der Waals surface area contributed by atoms with Crippen molar-refractivity contribution in [3.63, 3.8) is 0 Å². The molecule has 1 aliphatic heterocycles. The fraction of sp³-hybridized carbons (Fsp3) is 0.500. The molecule has 0 bridgehead atoms. The first-order valence-electron chi connectivity index (χ1n) is 5.21. The molecule has 13 heavy (non-hydrogen) atoms. The summed E-state index contributed by atoms with van der Waals surface area (Å²) < 4.78 is 0. The van der Waals surface area contributed by atoms with Crippen molar-refractivity contribution in [2.75, 3.05) is 0 Å². The molecule has 1 aliphatic carbocycles. The molecule has 1 aromatic rings. The monoisotopic (exact) mass is 173 g/mol. The van der Waals surface area contributed by atoms with Crippen LogP contribution in [-0.4, -0.2) is 0 Å². The molecule has 0 radical (unpaired) electrons. The first-order chi connectivity index (χ1) is 6.36. The molecule has 1 nitrogen and oxygen atoms in total. The van der Waals surface area contributed by atoms with Gasteiger partial charge in [0, 0.05) is 12.6 Å². The normalized spacial score (nSPS) is 24.5. The smallest absolute Gasteiger partial charge is 0.0329 e. The highest BCUT2D eigenvalue weighted by Crippen LogP contribution is 2.37. The third kappa shape index (κ3) is 0.969. The van der Waals surface area contributed by atoms with Crippen LogP contribution >= 0.6 is 0 Å². The van der Waals surface area contributed by atoms with Crippen molar-refractivity contribution in [3.05, 3.63) is 34.4 Å². The average molecular weight is 173 g/mol. The lowest BCUT2D eigenvalue weighted by molar-refractivity contribution is 0.497. The minimum atomic E-state index is 0.679. The summed E-state index contributed by atoms with van der Waals surface area (Å²) in [5.41, 5.74) is 6.32. The van der Waals surface area contributed by atoms with Crippen molar-refractivity contribution in [2.24, 2.45) is 0 Å². The maximum absolute atomic E-state index is 3.59. The Morgan fingerprint density at radius 3 is 3.23 bits per heavy atom. The third-order valence-electron chi connectivity index (χ3n) is 3.49. The Labute approximate surface area is 79.2 Å².